The molecule has 3 aromatic rings. The van der Waals surface area contributed by atoms with Crippen molar-refractivity contribution in [1.29, 1.82) is 0 Å². The predicted molar refractivity (Wildman–Crippen MR) is 152 cm³/mol. The maximum Gasteiger partial charge on any atom is 0.416 e. The molecule has 1 fully saturated rings. The fourth-order valence-corrected chi connectivity index (χ4v) is 5.46. The van der Waals surface area contributed by atoms with Crippen LogP contribution in [-0.2, 0) is 12.6 Å². The molecule has 6 nitrogen and oxygen atoms in total. The van der Waals surface area contributed by atoms with Gasteiger partial charge in [0.25, 0.3) is 5.91 Å². The Morgan fingerprint density at radius 2 is 1.65 bits per heavy atom. The van der Waals surface area contributed by atoms with E-state index in [0.29, 0.717) is 40.0 Å². The highest BCUT2D eigenvalue weighted by atomic mass is 19.4. The molecule has 0 aromatic heterocycles. The Morgan fingerprint density at radius 1 is 0.925 bits per heavy atom. The van der Waals surface area contributed by atoms with Crippen LogP contribution in [0.5, 0.6) is 0 Å². The number of Topliss-reactive ketones (excluding diaryl/α,β-unsaturated/α-hetero) is 1. The van der Waals surface area contributed by atoms with Crippen LogP contribution in [0, 0.1) is 6.92 Å². The van der Waals surface area contributed by atoms with E-state index in [0.717, 1.165) is 37.3 Å². The van der Waals surface area contributed by atoms with Crippen molar-refractivity contribution in [1.82, 2.24) is 4.90 Å². The molecule has 1 aliphatic carbocycles. The normalized spacial score (nSPS) is 15.2. The quantitative estimate of drug-likeness (QED) is 0.249. The second-order valence-corrected chi connectivity index (χ2v) is 10.5. The molecular weight excluding hydrogens is 517 g/mol. The van der Waals surface area contributed by atoms with Crippen LogP contribution in [0.25, 0.3) is 0 Å². The number of hydrogen-bond acceptors (Lipinski definition) is 5. The Kier molecular flexibility index (Phi) is 8.12. The number of benzene rings is 3. The fraction of sp³-hybridized carbons (Fsp3) is 0.355. The molecule has 0 saturated carbocycles. The number of nitrogens with zero attached hydrogens (tertiary/aromatic N) is 1. The molecule has 0 bridgehead atoms. The van der Waals surface area contributed by atoms with Gasteiger partial charge in [-0.25, -0.2) is 0 Å². The number of carbonyl (C=O) groups excluding carboxylic acids is 2. The lowest BCUT2D eigenvalue weighted by atomic mass is 10.0. The van der Waals surface area contributed by atoms with Crippen LogP contribution in [-0.4, -0.2) is 42.8 Å². The molecule has 1 saturated heterocycles. The van der Waals surface area contributed by atoms with Gasteiger partial charge in [0.2, 0.25) is 0 Å². The first-order valence-corrected chi connectivity index (χ1v) is 13.7. The van der Waals surface area contributed by atoms with Gasteiger partial charge in [-0.15, -0.1) is 0 Å². The van der Waals surface area contributed by atoms with Gasteiger partial charge in [0.15, 0.2) is 5.78 Å². The predicted octanol–water partition coefficient (Wildman–Crippen LogP) is 7.04. The van der Waals surface area contributed by atoms with Gasteiger partial charge in [-0.3, -0.25) is 9.59 Å². The monoisotopic (exact) mass is 550 g/mol. The Morgan fingerprint density at radius 3 is 2.38 bits per heavy atom. The van der Waals surface area contributed by atoms with Gasteiger partial charge in [0, 0.05) is 41.2 Å². The summed E-state index contributed by atoms with van der Waals surface area (Å²) in [6.07, 6.45) is -0.119. The van der Waals surface area contributed by atoms with Gasteiger partial charge in [0.1, 0.15) is 0 Å². The Bertz CT molecular complexity index is 1400. The molecule has 1 heterocycles. The first-order chi connectivity index (χ1) is 19.2. The third-order valence-electron chi connectivity index (χ3n) is 7.45. The molecule has 0 unspecified atom stereocenters. The highest BCUT2D eigenvalue weighted by Crippen LogP contribution is 2.38. The summed E-state index contributed by atoms with van der Waals surface area (Å²) in [4.78, 5) is 28.3. The smallest absolute Gasteiger partial charge is 0.385 e. The number of rotatable bonds is 9. The van der Waals surface area contributed by atoms with Crippen molar-refractivity contribution in [3.05, 3.63) is 82.4 Å². The number of halogens is 3. The molecule has 2 aliphatic rings. The van der Waals surface area contributed by atoms with Crippen molar-refractivity contribution in [2.24, 2.45) is 0 Å². The molecule has 1 aliphatic heterocycles. The number of fused-ring (bicyclic) bond motifs is 1. The Hall–Kier alpha value is -3.85. The number of carbonyl (C=O) groups is 2. The molecule has 40 heavy (non-hydrogen) atoms. The SMILES string of the molecule is Cc1cc(Nc2ccc(NC(=O)c3ccc(NCCCN4CCCC4)cc3)c3c2CCC3=O)cc(C(F)(F)F)c1. The average molecular weight is 551 g/mol. The molecule has 3 N–H and O–H groups in total. The van der Waals surface area contributed by atoms with E-state index >= 15 is 0 Å². The van der Waals surface area contributed by atoms with Crippen LogP contribution < -0.4 is 16.0 Å². The first-order valence-electron chi connectivity index (χ1n) is 13.7. The zero-order chi connectivity index (χ0) is 28.3. The molecule has 0 radical (unpaired) electrons. The van der Waals surface area contributed by atoms with Crippen molar-refractivity contribution >= 4 is 34.4 Å². The van der Waals surface area contributed by atoms with E-state index in [1.54, 1.807) is 37.3 Å². The summed E-state index contributed by atoms with van der Waals surface area (Å²) >= 11 is 0. The molecule has 0 spiro atoms. The minimum atomic E-state index is -4.46. The number of aryl methyl sites for hydroxylation is 1. The summed E-state index contributed by atoms with van der Waals surface area (Å²) in [6, 6.07) is 14.3. The van der Waals surface area contributed by atoms with Gasteiger partial charge in [-0.05, 0) is 118 Å². The topological polar surface area (TPSA) is 73.5 Å². The van der Waals surface area contributed by atoms with E-state index in [-0.39, 0.29) is 23.8 Å². The number of anilines is 4. The largest absolute Gasteiger partial charge is 0.416 e. The average Bonchev–Trinajstić information content (AvgIpc) is 3.58. The molecular formula is C31H33F3N4O2. The lowest BCUT2D eigenvalue weighted by molar-refractivity contribution is -0.137. The number of hydrogen-bond donors (Lipinski definition) is 3. The van der Waals surface area contributed by atoms with Crippen molar-refractivity contribution in [2.75, 3.05) is 42.1 Å². The van der Waals surface area contributed by atoms with Gasteiger partial charge < -0.3 is 20.9 Å². The second kappa shape index (κ2) is 11.7. The lowest BCUT2D eigenvalue weighted by Crippen LogP contribution is -2.22. The van der Waals surface area contributed by atoms with Crippen LogP contribution in [0.15, 0.2) is 54.6 Å². The number of likely N-dealkylation sites (tertiary alicyclic amines) is 1. The van der Waals surface area contributed by atoms with Crippen LogP contribution in [0.3, 0.4) is 0 Å². The van der Waals surface area contributed by atoms with Gasteiger partial charge in [-0.1, -0.05) is 0 Å². The number of alkyl halides is 3. The fourth-order valence-electron chi connectivity index (χ4n) is 5.46. The standard InChI is InChI=1S/C31H33F3N4O2/c1-20-17-22(31(32,33)34)19-24(18-20)36-26-10-11-27(29-25(26)9-12-28(29)39)37-30(40)21-5-7-23(8-6-21)35-13-4-16-38-14-2-3-15-38/h5-8,10-11,17-19,35-36H,2-4,9,12-16H2,1H3,(H,37,40). The highest BCUT2D eigenvalue weighted by Gasteiger charge is 2.31. The maximum absolute atomic E-state index is 13.3. The summed E-state index contributed by atoms with van der Waals surface area (Å²) in [5.74, 6) is -0.445. The van der Waals surface area contributed by atoms with Crippen LogP contribution >= 0.6 is 0 Å². The van der Waals surface area contributed by atoms with Crippen molar-refractivity contribution in [3.63, 3.8) is 0 Å². The Balaban J connectivity index is 1.25. The maximum atomic E-state index is 13.3. The summed E-state index contributed by atoms with van der Waals surface area (Å²) in [6.45, 7) is 5.92. The zero-order valence-corrected chi connectivity index (χ0v) is 22.5. The second-order valence-electron chi connectivity index (χ2n) is 10.5. The molecule has 9 heteroatoms. The van der Waals surface area contributed by atoms with E-state index in [1.807, 2.05) is 12.1 Å². The Labute approximate surface area is 232 Å². The molecule has 5 rings (SSSR count). The molecule has 0 atom stereocenters. The minimum absolute atomic E-state index is 0.109. The number of ketones is 1. The third-order valence-corrected chi connectivity index (χ3v) is 7.45. The van der Waals surface area contributed by atoms with Crippen LogP contribution in [0.1, 0.15) is 63.1 Å². The van der Waals surface area contributed by atoms with Gasteiger partial charge in [0.05, 0.1) is 11.3 Å². The summed E-state index contributed by atoms with van der Waals surface area (Å²) in [5.41, 5.74) is 3.46. The number of amides is 1. The van der Waals surface area contributed by atoms with Gasteiger partial charge >= 0.3 is 6.18 Å². The van der Waals surface area contributed by atoms with Crippen molar-refractivity contribution < 1.29 is 22.8 Å². The van der Waals surface area contributed by atoms with Gasteiger partial charge in [-0.2, -0.15) is 13.2 Å². The van der Waals surface area contributed by atoms with Crippen molar-refractivity contribution in [2.45, 2.75) is 45.2 Å². The summed E-state index contributed by atoms with van der Waals surface area (Å²) in [7, 11) is 0. The molecule has 3 aromatic carbocycles. The van der Waals surface area contributed by atoms with Crippen LogP contribution in [0.4, 0.5) is 35.9 Å². The van der Waals surface area contributed by atoms with Crippen molar-refractivity contribution in [3.8, 4) is 0 Å². The van der Waals surface area contributed by atoms with E-state index in [2.05, 4.69) is 20.9 Å². The van der Waals surface area contributed by atoms with E-state index in [1.165, 1.54) is 25.9 Å². The third kappa shape index (κ3) is 6.47. The van der Waals surface area contributed by atoms with E-state index in [9.17, 15) is 22.8 Å². The van der Waals surface area contributed by atoms with Crippen LogP contribution in [0.2, 0.25) is 0 Å². The van der Waals surface area contributed by atoms with E-state index < -0.39 is 11.7 Å². The lowest BCUT2D eigenvalue weighted by Gasteiger charge is -2.17. The first kappa shape index (κ1) is 27.7. The highest BCUT2D eigenvalue weighted by molar-refractivity contribution is 6.12. The summed E-state index contributed by atoms with van der Waals surface area (Å²) < 4.78 is 39.9. The molecule has 1 amide bonds. The van der Waals surface area contributed by atoms with E-state index in [4.69, 9.17) is 0 Å². The number of nitrogens with one attached hydrogen (secondary N) is 3. The zero-order valence-electron chi connectivity index (χ0n) is 22.5. The molecule has 210 valence electrons. The summed E-state index contributed by atoms with van der Waals surface area (Å²) in [5, 5.41) is 9.31. The minimum Gasteiger partial charge on any atom is -0.385 e.